The largest absolute Gasteiger partial charge is 0.497 e. The van der Waals surface area contributed by atoms with Gasteiger partial charge in [0, 0.05) is 24.4 Å². The Balaban J connectivity index is 1.76. The predicted molar refractivity (Wildman–Crippen MR) is 85.9 cm³/mol. The molecule has 0 bridgehead atoms. The molecule has 1 fully saturated rings. The second-order valence-electron chi connectivity index (χ2n) is 5.59. The number of hydrogen-bond donors (Lipinski definition) is 2. The van der Waals surface area contributed by atoms with E-state index >= 15 is 0 Å². The topological polar surface area (TPSA) is 67.3 Å². The SMILES string of the molecule is COc1ccc(-c2ccnc(NC(CCO)C3CC3)n2)cc1. The lowest BCUT2D eigenvalue weighted by Crippen LogP contribution is -2.24. The molecule has 0 radical (unpaired) electrons. The first kappa shape index (κ1) is 14.8. The number of anilines is 1. The van der Waals surface area contributed by atoms with Gasteiger partial charge in [-0.15, -0.1) is 0 Å². The molecule has 0 aliphatic heterocycles. The summed E-state index contributed by atoms with van der Waals surface area (Å²) < 4.78 is 5.17. The molecule has 1 aromatic heterocycles. The van der Waals surface area contributed by atoms with Crippen LogP contribution in [0.15, 0.2) is 36.5 Å². The van der Waals surface area contributed by atoms with Gasteiger partial charge in [0.25, 0.3) is 0 Å². The molecule has 2 N–H and O–H groups in total. The third-order valence-electron chi connectivity index (χ3n) is 3.99. The Hall–Kier alpha value is -2.14. The molecule has 1 atom stereocenters. The lowest BCUT2D eigenvalue weighted by atomic mass is 10.1. The lowest BCUT2D eigenvalue weighted by molar-refractivity contribution is 0.274. The molecule has 3 rings (SSSR count). The van der Waals surface area contributed by atoms with Crippen molar-refractivity contribution in [2.75, 3.05) is 19.0 Å². The predicted octanol–water partition coefficient (Wildman–Crippen LogP) is 2.73. The van der Waals surface area contributed by atoms with Crippen LogP contribution in [0.25, 0.3) is 11.3 Å². The fourth-order valence-electron chi connectivity index (χ4n) is 2.58. The normalized spacial score (nSPS) is 15.4. The minimum absolute atomic E-state index is 0.187. The highest BCUT2D eigenvalue weighted by molar-refractivity contribution is 5.61. The monoisotopic (exact) mass is 299 g/mol. The van der Waals surface area contributed by atoms with Crippen molar-refractivity contribution in [1.29, 1.82) is 0 Å². The second kappa shape index (κ2) is 6.75. The number of nitrogens with one attached hydrogen (secondary N) is 1. The molecule has 1 aromatic carbocycles. The summed E-state index contributed by atoms with van der Waals surface area (Å²) in [5, 5.41) is 12.5. The van der Waals surface area contributed by atoms with Gasteiger partial charge < -0.3 is 15.2 Å². The van der Waals surface area contributed by atoms with Crippen LogP contribution in [-0.2, 0) is 0 Å². The molecule has 1 aliphatic carbocycles. The maximum Gasteiger partial charge on any atom is 0.223 e. The van der Waals surface area contributed by atoms with Gasteiger partial charge in [0.1, 0.15) is 5.75 Å². The fourth-order valence-corrected chi connectivity index (χ4v) is 2.58. The number of aliphatic hydroxyl groups is 1. The summed E-state index contributed by atoms with van der Waals surface area (Å²) in [7, 11) is 1.65. The molecule has 22 heavy (non-hydrogen) atoms. The van der Waals surface area contributed by atoms with E-state index in [9.17, 15) is 5.11 Å². The van der Waals surface area contributed by atoms with Crippen molar-refractivity contribution in [3.8, 4) is 17.0 Å². The van der Waals surface area contributed by atoms with Gasteiger partial charge in [-0.3, -0.25) is 0 Å². The molecular formula is C17H21N3O2. The molecule has 5 heteroatoms. The van der Waals surface area contributed by atoms with Crippen molar-refractivity contribution in [3.63, 3.8) is 0 Å². The number of hydrogen-bond acceptors (Lipinski definition) is 5. The van der Waals surface area contributed by atoms with Crippen LogP contribution in [0, 0.1) is 5.92 Å². The molecular weight excluding hydrogens is 278 g/mol. The number of aliphatic hydroxyl groups excluding tert-OH is 1. The Kier molecular flexibility index (Phi) is 4.53. The number of nitrogens with zero attached hydrogens (tertiary/aromatic N) is 2. The third kappa shape index (κ3) is 3.54. The summed E-state index contributed by atoms with van der Waals surface area (Å²) in [6.07, 6.45) is 4.93. The number of ether oxygens (including phenoxy) is 1. The van der Waals surface area contributed by atoms with Crippen LogP contribution in [0.2, 0.25) is 0 Å². The van der Waals surface area contributed by atoms with Gasteiger partial charge in [0.15, 0.2) is 0 Å². The summed E-state index contributed by atoms with van der Waals surface area (Å²) in [5.41, 5.74) is 1.90. The van der Waals surface area contributed by atoms with Gasteiger partial charge in [0.05, 0.1) is 12.8 Å². The summed E-state index contributed by atoms with van der Waals surface area (Å²) in [4.78, 5) is 8.89. The van der Waals surface area contributed by atoms with Crippen molar-refractivity contribution in [2.45, 2.75) is 25.3 Å². The third-order valence-corrected chi connectivity index (χ3v) is 3.99. The summed E-state index contributed by atoms with van der Waals surface area (Å²) in [5.74, 6) is 2.09. The zero-order valence-corrected chi connectivity index (χ0v) is 12.7. The van der Waals surface area contributed by atoms with E-state index in [0.29, 0.717) is 11.9 Å². The van der Waals surface area contributed by atoms with Crippen LogP contribution in [0.3, 0.4) is 0 Å². The molecule has 116 valence electrons. The average Bonchev–Trinajstić information content (AvgIpc) is 3.40. The van der Waals surface area contributed by atoms with Crippen LogP contribution in [0.5, 0.6) is 5.75 Å². The maximum absolute atomic E-state index is 9.18. The molecule has 1 unspecified atom stereocenters. The van der Waals surface area contributed by atoms with E-state index in [2.05, 4.69) is 15.3 Å². The number of methoxy groups -OCH3 is 1. The van der Waals surface area contributed by atoms with E-state index in [-0.39, 0.29) is 12.6 Å². The van der Waals surface area contributed by atoms with Gasteiger partial charge in [0.2, 0.25) is 5.95 Å². The highest BCUT2D eigenvalue weighted by atomic mass is 16.5. The average molecular weight is 299 g/mol. The van der Waals surface area contributed by atoms with Crippen LogP contribution in [0.4, 0.5) is 5.95 Å². The van der Waals surface area contributed by atoms with E-state index in [1.807, 2.05) is 30.3 Å². The van der Waals surface area contributed by atoms with Crippen molar-refractivity contribution in [1.82, 2.24) is 9.97 Å². The van der Waals surface area contributed by atoms with E-state index < -0.39 is 0 Å². The van der Waals surface area contributed by atoms with Crippen molar-refractivity contribution in [3.05, 3.63) is 36.5 Å². The van der Waals surface area contributed by atoms with Crippen LogP contribution < -0.4 is 10.1 Å². The smallest absolute Gasteiger partial charge is 0.223 e. The minimum Gasteiger partial charge on any atom is -0.497 e. The summed E-state index contributed by atoms with van der Waals surface area (Å²) in [6.45, 7) is 0.187. The molecule has 1 saturated carbocycles. The van der Waals surface area contributed by atoms with E-state index in [4.69, 9.17) is 4.74 Å². The minimum atomic E-state index is 0.187. The second-order valence-corrected chi connectivity index (χ2v) is 5.59. The summed E-state index contributed by atoms with van der Waals surface area (Å²) in [6, 6.07) is 9.96. The maximum atomic E-state index is 9.18. The Morgan fingerprint density at radius 1 is 1.27 bits per heavy atom. The van der Waals surface area contributed by atoms with Gasteiger partial charge >= 0.3 is 0 Å². The molecule has 2 aromatic rings. The summed E-state index contributed by atoms with van der Waals surface area (Å²) >= 11 is 0. The lowest BCUT2D eigenvalue weighted by Gasteiger charge is -2.17. The Morgan fingerprint density at radius 3 is 2.68 bits per heavy atom. The van der Waals surface area contributed by atoms with E-state index in [1.54, 1.807) is 13.3 Å². The highest BCUT2D eigenvalue weighted by Gasteiger charge is 2.31. The Bertz CT molecular complexity index is 612. The Morgan fingerprint density at radius 2 is 2.05 bits per heavy atom. The van der Waals surface area contributed by atoms with Crippen LogP contribution in [0.1, 0.15) is 19.3 Å². The Labute approximate surface area is 130 Å². The first-order valence-electron chi connectivity index (χ1n) is 7.65. The highest BCUT2D eigenvalue weighted by Crippen LogP contribution is 2.35. The molecule has 0 saturated heterocycles. The standard InChI is InChI=1S/C17H21N3O2/c1-22-14-6-4-13(5-7-14)15-8-10-18-17(19-15)20-16(9-11-21)12-2-3-12/h4-8,10,12,16,21H,2-3,9,11H2,1H3,(H,18,19,20). The van der Waals surface area contributed by atoms with Crippen molar-refractivity contribution < 1.29 is 9.84 Å². The first-order valence-corrected chi connectivity index (χ1v) is 7.65. The van der Waals surface area contributed by atoms with Gasteiger partial charge in [-0.25, -0.2) is 9.97 Å². The zero-order chi connectivity index (χ0) is 15.4. The molecule has 1 aliphatic rings. The number of benzene rings is 1. The van der Waals surface area contributed by atoms with Gasteiger partial charge in [-0.1, -0.05) is 0 Å². The quantitative estimate of drug-likeness (QED) is 0.823. The molecule has 1 heterocycles. The van der Waals surface area contributed by atoms with Gasteiger partial charge in [-0.05, 0) is 55.5 Å². The van der Waals surface area contributed by atoms with E-state index in [0.717, 1.165) is 23.4 Å². The van der Waals surface area contributed by atoms with Crippen LogP contribution in [-0.4, -0.2) is 34.8 Å². The van der Waals surface area contributed by atoms with Crippen LogP contribution >= 0.6 is 0 Å². The zero-order valence-electron chi connectivity index (χ0n) is 12.7. The van der Waals surface area contributed by atoms with Gasteiger partial charge in [-0.2, -0.15) is 0 Å². The molecule has 0 amide bonds. The van der Waals surface area contributed by atoms with Crippen molar-refractivity contribution in [2.24, 2.45) is 5.92 Å². The number of rotatable bonds is 7. The molecule has 0 spiro atoms. The molecule has 5 nitrogen and oxygen atoms in total. The first-order chi connectivity index (χ1) is 10.8. The van der Waals surface area contributed by atoms with E-state index in [1.165, 1.54) is 12.8 Å². The number of aromatic nitrogens is 2. The van der Waals surface area contributed by atoms with Crippen molar-refractivity contribution >= 4 is 5.95 Å². The fraction of sp³-hybridized carbons (Fsp3) is 0.412.